The average molecular weight is 281 g/mol. The number of anilines is 1. The van der Waals surface area contributed by atoms with E-state index in [1.54, 1.807) is 6.07 Å². The molecule has 1 N–H and O–H groups in total. The summed E-state index contributed by atoms with van der Waals surface area (Å²) in [5.74, 6) is 0.320. The molecule has 0 amide bonds. The van der Waals surface area contributed by atoms with Gasteiger partial charge in [0.05, 0.1) is 18.4 Å². The molecule has 4 heteroatoms. The summed E-state index contributed by atoms with van der Waals surface area (Å²) in [5, 5.41) is 3.48. The number of rotatable bonds is 6. The lowest BCUT2D eigenvalue weighted by atomic mass is 10.00. The summed E-state index contributed by atoms with van der Waals surface area (Å²) in [5.41, 5.74) is 0.871. The Morgan fingerprint density at radius 2 is 2.25 bits per heavy atom. The van der Waals surface area contributed by atoms with Crippen LogP contribution in [0.5, 0.6) is 5.75 Å². The summed E-state index contributed by atoms with van der Waals surface area (Å²) in [4.78, 5) is 0. The van der Waals surface area contributed by atoms with Gasteiger partial charge in [0.2, 0.25) is 0 Å². The molecule has 0 bridgehead atoms. The third-order valence-corrected chi connectivity index (χ3v) is 3.58. The molecule has 1 fully saturated rings. The molecule has 0 saturated carbocycles. The third-order valence-electron chi connectivity index (χ3n) is 3.58. The second-order valence-corrected chi connectivity index (χ2v) is 5.22. The fraction of sp³-hybridized carbons (Fsp3) is 0.625. The van der Waals surface area contributed by atoms with Crippen LogP contribution in [0.15, 0.2) is 18.2 Å². The molecule has 20 heavy (non-hydrogen) atoms. The molecule has 112 valence electrons. The molecule has 3 nitrogen and oxygen atoms in total. The minimum atomic E-state index is -0.269. The van der Waals surface area contributed by atoms with Gasteiger partial charge in [-0.2, -0.15) is 0 Å². The highest BCUT2D eigenvalue weighted by Gasteiger charge is 2.22. The van der Waals surface area contributed by atoms with Crippen LogP contribution in [0.25, 0.3) is 0 Å². The number of benzene rings is 1. The van der Waals surface area contributed by atoms with Crippen molar-refractivity contribution in [1.82, 2.24) is 0 Å². The van der Waals surface area contributed by atoms with Crippen molar-refractivity contribution < 1.29 is 13.9 Å². The summed E-state index contributed by atoms with van der Waals surface area (Å²) in [6, 6.07) is 5.03. The zero-order valence-corrected chi connectivity index (χ0v) is 12.3. The first-order valence-corrected chi connectivity index (χ1v) is 7.53. The smallest absolute Gasteiger partial charge is 0.145 e. The largest absolute Gasteiger partial charge is 0.492 e. The first-order valence-electron chi connectivity index (χ1n) is 7.53. The molecule has 1 aliphatic heterocycles. The molecule has 2 atom stereocenters. The predicted octanol–water partition coefficient (Wildman–Crippen LogP) is 3.98. The van der Waals surface area contributed by atoms with E-state index in [1.807, 2.05) is 6.92 Å². The maximum atomic E-state index is 13.3. The van der Waals surface area contributed by atoms with Crippen LogP contribution >= 0.6 is 0 Å². The maximum Gasteiger partial charge on any atom is 0.145 e. The van der Waals surface area contributed by atoms with Crippen molar-refractivity contribution in [2.75, 3.05) is 18.5 Å². The molecule has 1 aromatic rings. The van der Waals surface area contributed by atoms with Crippen molar-refractivity contribution in [3.63, 3.8) is 0 Å². The number of hydrogen-bond donors (Lipinski definition) is 1. The highest BCUT2D eigenvalue weighted by atomic mass is 19.1. The van der Waals surface area contributed by atoms with Gasteiger partial charge >= 0.3 is 0 Å². The zero-order chi connectivity index (χ0) is 14.4. The highest BCUT2D eigenvalue weighted by molar-refractivity contribution is 5.57. The van der Waals surface area contributed by atoms with Gasteiger partial charge in [-0.3, -0.25) is 0 Å². The molecular weight excluding hydrogens is 257 g/mol. The SMILES string of the molecule is CCCC1CC(Nc2ccc(F)cc2OCC)CCO1. The van der Waals surface area contributed by atoms with Gasteiger partial charge in [-0.15, -0.1) is 0 Å². The van der Waals surface area contributed by atoms with Crippen LogP contribution in [0, 0.1) is 5.82 Å². The van der Waals surface area contributed by atoms with Gasteiger partial charge in [0, 0.05) is 18.7 Å². The van der Waals surface area contributed by atoms with E-state index in [9.17, 15) is 4.39 Å². The first kappa shape index (κ1) is 15.1. The normalized spacial score (nSPS) is 22.6. The summed E-state index contributed by atoms with van der Waals surface area (Å²) in [6.45, 7) is 5.39. The quantitative estimate of drug-likeness (QED) is 0.855. The maximum absolute atomic E-state index is 13.3. The lowest BCUT2D eigenvalue weighted by molar-refractivity contribution is 0.00594. The molecule has 1 saturated heterocycles. The second-order valence-electron chi connectivity index (χ2n) is 5.22. The van der Waals surface area contributed by atoms with Crippen molar-refractivity contribution in [2.24, 2.45) is 0 Å². The Morgan fingerprint density at radius 3 is 3.00 bits per heavy atom. The summed E-state index contributed by atoms with van der Waals surface area (Å²) < 4.78 is 24.5. The van der Waals surface area contributed by atoms with Gasteiger partial charge in [0.15, 0.2) is 0 Å². The van der Waals surface area contributed by atoms with Crippen LogP contribution in [0.2, 0.25) is 0 Å². The van der Waals surface area contributed by atoms with E-state index in [-0.39, 0.29) is 5.82 Å². The van der Waals surface area contributed by atoms with Gasteiger partial charge in [-0.05, 0) is 38.3 Å². The zero-order valence-electron chi connectivity index (χ0n) is 12.3. The van der Waals surface area contributed by atoms with Crippen molar-refractivity contribution in [2.45, 2.75) is 51.7 Å². The van der Waals surface area contributed by atoms with Crippen molar-refractivity contribution in [1.29, 1.82) is 0 Å². The molecule has 2 rings (SSSR count). The fourth-order valence-electron chi connectivity index (χ4n) is 2.64. The minimum Gasteiger partial charge on any atom is -0.492 e. The van der Waals surface area contributed by atoms with Crippen LogP contribution in [0.4, 0.5) is 10.1 Å². The summed E-state index contributed by atoms with van der Waals surface area (Å²) in [7, 11) is 0. The molecular formula is C16H24FNO2. The van der Waals surface area contributed by atoms with E-state index in [0.717, 1.165) is 38.0 Å². The summed E-state index contributed by atoms with van der Waals surface area (Å²) in [6.07, 6.45) is 4.54. The minimum absolute atomic E-state index is 0.269. The van der Waals surface area contributed by atoms with Gasteiger partial charge in [-0.1, -0.05) is 13.3 Å². The van der Waals surface area contributed by atoms with Crippen LogP contribution in [-0.4, -0.2) is 25.4 Å². The summed E-state index contributed by atoms with van der Waals surface area (Å²) >= 11 is 0. The Morgan fingerprint density at radius 1 is 1.40 bits per heavy atom. The number of halogens is 1. The number of hydrogen-bond acceptors (Lipinski definition) is 3. The Labute approximate surface area is 120 Å². The molecule has 0 aliphatic carbocycles. The average Bonchev–Trinajstić information content (AvgIpc) is 2.43. The molecule has 1 aromatic carbocycles. The number of nitrogens with one attached hydrogen (secondary N) is 1. The van der Waals surface area contributed by atoms with Crippen LogP contribution in [0.3, 0.4) is 0 Å². The van der Waals surface area contributed by atoms with Crippen molar-refractivity contribution in [3.05, 3.63) is 24.0 Å². The van der Waals surface area contributed by atoms with Crippen molar-refractivity contribution in [3.8, 4) is 5.75 Å². The molecule has 2 unspecified atom stereocenters. The van der Waals surface area contributed by atoms with Crippen molar-refractivity contribution >= 4 is 5.69 Å². The Hall–Kier alpha value is -1.29. The fourth-order valence-corrected chi connectivity index (χ4v) is 2.64. The van der Waals surface area contributed by atoms with Gasteiger partial charge in [-0.25, -0.2) is 4.39 Å². The Kier molecular flexibility index (Phi) is 5.65. The third kappa shape index (κ3) is 4.10. The Balaban J connectivity index is 2.01. The molecule has 0 aromatic heterocycles. The van der Waals surface area contributed by atoms with E-state index < -0.39 is 0 Å². The molecule has 1 aliphatic rings. The predicted molar refractivity (Wildman–Crippen MR) is 78.9 cm³/mol. The molecule has 1 heterocycles. The van der Waals surface area contributed by atoms with Gasteiger partial charge in [0.25, 0.3) is 0 Å². The lowest BCUT2D eigenvalue weighted by Gasteiger charge is -2.31. The van der Waals surface area contributed by atoms with E-state index in [0.29, 0.717) is 24.5 Å². The van der Waals surface area contributed by atoms with Gasteiger partial charge in [0.1, 0.15) is 11.6 Å². The standard InChI is InChI=1S/C16H24FNO2/c1-3-5-14-11-13(8-9-20-14)18-15-7-6-12(17)10-16(15)19-4-2/h6-7,10,13-14,18H,3-5,8-9,11H2,1-2H3. The Bertz CT molecular complexity index is 423. The van der Waals surface area contributed by atoms with Crippen LogP contribution < -0.4 is 10.1 Å². The van der Waals surface area contributed by atoms with Gasteiger partial charge < -0.3 is 14.8 Å². The van der Waals surface area contributed by atoms with E-state index in [2.05, 4.69) is 12.2 Å². The monoisotopic (exact) mass is 281 g/mol. The van der Waals surface area contributed by atoms with E-state index >= 15 is 0 Å². The second kappa shape index (κ2) is 7.48. The van der Waals surface area contributed by atoms with Crippen LogP contribution in [-0.2, 0) is 4.74 Å². The van der Waals surface area contributed by atoms with Crippen LogP contribution in [0.1, 0.15) is 39.5 Å². The topological polar surface area (TPSA) is 30.5 Å². The van der Waals surface area contributed by atoms with E-state index in [1.165, 1.54) is 12.1 Å². The molecule has 0 spiro atoms. The van der Waals surface area contributed by atoms with E-state index in [4.69, 9.17) is 9.47 Å². The lowest BCUT2D eigenvalue weighted by Crippen LogP contribution is -2.34. The molecule has 0 radical (unpaired) electrons. The first-order chi connectivity index (χ1) is 9.72. The number of ether oxygens (including phenoxy) is 2. The highest BCUT2D eigenvalue weighted by Crippen LogP contribution is 2.29.